The van der Waals surface area contributed by atoms with E-state index in [1.807, 2.05) is 50.2 Å². The summed E-state index contributed by atoms with van der Waals surface area (Å²) in [5.74, 6) is -0.968. The fraction of sp³-hybridized carbons (Fsp3) is 0.192. The third kappa shape index (κ3) is 6.31. The first kappa shape index (κ1) is 24.2. The zero-order valence-corrected chi connectivity index (χ0v) is 19.3. The molecule has 3 aromatic rings. The SMILES string of the molecule is CC(C)SC(N)C(=O)N(C(=O)OCc1ccccc1)c1ccccc1C(=O)c1ccccc1. The first-order chi connectivity index (χ1) is 15.9. The van der Waals surface area contributed by atoms with E-state index in [2.05, 4.69) is 0 Å². The average Bonchev–Trinajstić information content (AvgIpc) is 2.83. The highest BCUT2D eigenvalue weighted by molar-refractivity contribution is 8.01. The van der Waals surface area contributed by atoms with Crippen molar-refractivity contribution in [3.8, 4) is 0 Å². The smallest absolute Gasteiger partial charge is 0.421 e. The largest absolute Gasteiger partial charge is 0.444 e. The van der Waals surface area contributed by atoms with Crippen molar-refractivity contribution >= 4 is 35.2 Å². The molecule has 1 unspecified atom stereocenters. The van der Waals surface area contributed by atoms with Gasteiger partial charge < -0.3 is 10.5 Å². The summed E-state index contributed by atoms with van der Waals surface area (Å²) in [5, 5.41) is -0.943. The number of benzene rings is 3. The Hall–Kier alpha value is -3.42. The van der Waals surface area contributed by atoms with Crippen LogP contribution in [0, 0.1) is 0 Å². The van der Waals surface area contributed by atoms with Crippen LogP contribution in [0.2, 0.25) is 0 Å². The third-order valence-electron chi connectivity index (χ3n) is 4.70. The molecule has 0 fully saturated rings. The van der Waals surface area contributed by atoms with E-state index < -0.39 is 17.4 Å². The number of anilines is 1. The van der Waals surface area contributed by atoms with E-state index in [-0.39, 0.29) is 28.9 Å². The molecular weight excluding hydrogens is 436 g/mol. The Balaban J connectivity index is 1.98. The number of carbonyl (C=O) groups is 3. The molecule has 2 amide bonds. The fourth-order valence-electron chi connectivity index (χ4n) is 3.18. The highest BCUT2D eigenvalue weighted by Gasteiger charge is 2.33. The van der Waals surface area contributed by atoms with Gasteiger partial charge in [0.1, 0.15) is 12.0 Å². The Morgan fingerprint density at radius 1 is 0.879 bits per heavy atom. The van der Waals surface area contributed by atoms with Crippen molar-refractivity contribution in [3.63, 3.8) is 0 Å². The van der Waals surface area contributed by atoms with Crippen LogP contribution in [0.5, 0.6) is 0 Å². The summed E-state index contributed by atoms with van der Waals surface area (Å²) in [6, 6.07) is 24.3. The molecule has 0 aromatic heterocycles. The van der Waals surface area contributed by atoms with Gasteiger partial charge in [0.15, 0.2) is 5.78 Å². The van der Waals surface area contributed by atoms with Crippen molar-refractivity contribution in [2.24, 2.45) is 5.73 Å². The van der Waals surface area contributed by atoms with Crippen LogP contribution in [0.3, 0.4) is 0 Å². The van der Waals surface area contributed by atoms with E-state index in [1.165, 1.54) is 11.8 Å². The number of para-hydroxylation sites is 1. The van der Waals surface area contributed by atoms with Crippen molar-refractivity contribution in [2.75, 3.05) is 4.90 Å². The number of nitrogens with zero attached hydrogens (tertiary/aromatic N) is 1. The van der Waals surface area contributed by atoms with Crippen LogP contribution in [-0.2, 0) is 16.1 Å². The summed E-state index contributed by atoms with van der Waals surface area (Å²) < 4.78 is 5.45. The van der Waals surface area contributed by atoms with Gasteiger partial charge in [-0.25, -0.2) is 9.69 Å². The lowest BCUT2D eigenvalue weighted by atomic mass is 10.0. The molecule has 2 N–H and O–H groups in total. The van der Waals surface area contributed by atoms with Crippen LogP contribution in [-0.4, -0.2) is 28.4 Å². The van der Waals surface area contributed by atoms with E-state index >= 15 is 0 Å². The van der Waals surface area contributed by atoms with E-state index in [4.69, 9.17) is 10.5 Å². The van der Waals surface area contributed by atoms with Crippen molar-refractivity contribution in [3.05, 3.63) is 102 Å². The number of nitrogens with two attached hydrogens (primary N) is 1. The minimum absolute atomic E-state index is 0.0230. The Labute approximate surface area is 197 Å². The van der Waals surface area contributed by atoms with Gasteiger partial charge in [0.2, 0.25) is 0 Å². The number of carbonyl (C=O) groups excluding carboxylic acids is 3. The minimum Gasteiger partial charge on any atom is -0.444 e. The summed E-state index contributed by atoms with van der Waals surface area (Å²) >= 11 is 1.22. The summed E-state index contributed by atoms with van der Waals surface area (Å²) in [6.45, 7) is 3.79. The van der Waals surface area contributed by atoms with Crippen LogP contribution in [0.1, 0.15) is 35.3 Å². The number of thioether (sulfide) groups is 1. The summed E-state index contributed by atoms with van der Waals surface area (Å²) in [7, 11) is 0. The Kier molecular flexibility index (Phi) is 8.40. The second-order valence-corrected chi connectivity index (χ2v) is 9.25. The zero-order valence-electron chi connectivity index (χ0n) is 18.5. The first-order valence-corrected chi connectivity index (χ1v) is 11.5. The summed E-state index contributed by atoms with van der Waals surface area (Å²) in [4.78, 5) is 40.6. The second-order valence-electron chi connectivity index (χ2n) is 7.53. The second kappa shape index (κ2) is 11.4. The van der Waals surface area contributed by atoms with Gasteiger partial charge in [-0.05, 0) is 17.7 Å². The Morgan fingerprint density at radius 3 is 2.09 bits per heavy atom. The maximum Gasteiger partial charge on any atom is 0.421 e. The number of amides is 2. The summed E-state index contributed by atoms with van der Waals surface area (Å²) in [6.07, 6.45) is -0.892. The number of hydrogen-bond donors (Lipinski definition) is 1. The molecule has 0 bridgehead atoms. The molecular formula is C26H26N2O4S. The fourth-order valence-corrected chi connectivity index (χ4v) is 3.98. The number of hydrogen-bond acceptors (Lipinski definition) is 6. The average molecular weight is 463 g/mol. The van der Waals surface area contributed by atoms with Crippen LogP contribution in [0.25, 0.3) is 0 Å². The van der Waals surface area contributed by atoms with Gasteiger partial charge in [0, 0.05) is 16.4 Å². The molecule has 1 atom stereocenters. The molecule has 3 rings (SSSR count). The minimum atomic E-state index is -1.01. The van der Waals surface area contributed by atoms with Gasteiger partial charge in [0.05, 0.1) is 5.69 Å². The Bertz CT molecular complexity index is 1100. The van der Waals surface area contributed by atoms with Gasteiger partial charge in [-0.15, -0.1) is 11.8 Å². The maximum absolute atomic E-state index is 13.3. The third-order valence-corrected chi connectivity index (χ3v) is 5.74. The quantitative estimate of drug-likeness (QED) is 0.374. The predicted molar refractivity (Wildman–Crippen MR) is 131 cm³/mol. The van der Waals surface area contributed by atoms with Gasteiger partial charge >= 0.3 is 6.09 Å². The molecule has 6 nitrogen and oxygen atoms in total. The number of imide groups is 1. The van der Waals surface area contributed by atoms with E-state index in [9.17, 15) is 14.4 Å². The molecule has 0 spiro atoms. The first-order valence-electron chi connectivity index (χ1n) is 10.5. The molecule has 33 heavy (non-hydrogen) atoms. The van der Waals surface area contributed by atoms with Crippen molar-refractivity contribution < 1.29 is 19.1 Å². The van der Waals surface area contributed by atoms with E-state index in [0.29, 0.717) is 5.56 Å². The van der Waals surface area contributed by atoms with Gasteiger partial charge in [-0.2, -0.15) is 0 Å². The highest BCUT2D eigenvalue weighted by Crippen LogP contribution is 2.27. The molecule has 3 aromatic carbocycles. The maximum atomic E-state index is 13.3. The molecule has 0 aliphatic carbocycles. The zero-order chi connectivity index (χ0) is 23.8. The summed E-state index contributed by atoms with van der Waals surface area (Å²) in [5.41, 5.74) is 7.67. The molecule has 0 aliphatic rings. The van der Waals surface area contributed by atoms with Crippen LogP contribution >= 0.6 is 11.8 Å². The van der Waals surface area contributed by atoms with Gasteiger partial charge in [0.25, 0.3) is 5.91 Å². The monoisotopic (exact) mass is 462 g/mol. The lowest BCUT2D eigenvalue weighted by molar-refractivity contribution is -0.117. The number of rotatable bonds is 8. The lowest BCUT2D eigenvalue weighted by Gasteiger charge is -2.25. The van der Waals surface area contributed by atoms with Crippen molar-refractivity contribution in [2.45, 2.75) is 31.1 Å². The molecule has 0 aliphatic heterocycles. The standard InChI is InChI=1S/C26H26N2O4S/c1-18(2)33-24(27)25(30)28(26(31)32-17-19-11-5-3-6-12-19)22-16-10-9-15-21(22)23(29)20-13-7-4-8-14-20/h3-16,18,24H,17,27H2,1-2H3. The molecule has 170 valence electrons. The van der Waals surface area contributed by atoms with Crippen molar-refractivity contribution in [1.29, 1.82) is 0 Å². The lowest BCUT2D eigenvalue weighted by Crippen LogP contribution is -2.47. The number of ether oxygens (including phenoxy) is 1. The molecule has 0 saturated carbocycles. The van der Waals surface area contributed by atoms with Crippen LogP contribution < -0.4 is 10.6 Å². The molecule has 7 heteroatoms. The normalized spacial score (nSPS) is 11.6. The van der Waals surface area contributed by atoms with Crippen LogP contribution in [0.4, 0.5) is 10.5 Å². The predicted octanol–water partition coefficient (Wildman–Crippen LogP) is 5.01. The van der Waals surface area contributed by atoms with Gasteiger partial charge in [-0.3, -0.25) is 9.59 Å². The molecule has 0 heterocycles. The van der Waals surface area contributed by atoms with Crippen LogP contribution in [0.15, 0.2) is 84.9 Å². The number of ketones is 1. The van der Waals surface area contributed by atoms with Crippen molar-refractivity contribution in [1.82, 2.24) is 0 Å². The molecule has 0 radical (unpaired) electrons. The van der Waals surface area contributed by atoms with E-state index in [0.717, 1.165) is 10.5 Å². The Morgan fingerprint density at radius 2 is 1.45 bits per heavy atom. The van der Waals surface area contributed by atoms with Gasteiger partial charge in [-0.1, -0.05) is 86.6 Å². The molecule has 0 saturated heterocycles. The topological polar surface area (TPSA) is 89.7 Å². The van der Waals surface area contributed by atoms with E-state index in [1.54, 1.807) is 48.5 Å². The highest BCUT2D eigenvalue weighted by atomic mass is 32.2.